The van der Waals surface area contributed by atoms with Crippen LogP contribution in [0.1, 0.15) is 49.6 Å². The van der Waals surface area contributed by atoms with E-state index in [1.165, 1.54) is 22.1 Å². The van der Waals surface area contributed by atoms with Gasteiger partial charge in [-0.05, 0) is 58.5 Å². The van der Waals surface area contributed by atoms with Gasteiger partial charge in [0.1, 0.15) is 12.2 Å². The molecule has 7 rings (SSSR count). The number of alkyl halides is 3. The molecule has 0 bridgehead atoms. The minimum absolute atomic E-state index is 0.0337. The molecule has 1 fully saturated rings. The molecule has 4 aromatic rings. The average molecular weight is 574 g/mol. The highest BCUT2D eigenvalue weighted by atomic mass is 19.4. The fraction of sp³-hybridized carbons (Fsp3) is 0.344. The van der Waals surface area contributed by atoms with Gasteiger partial charge in [0.2, 0.25) is 0 Å². The number of hydrogen-bond donors (Lipinski definition) is 0. The number of hydrogen-bond acceptors (Lipinski definition) is 5. The minimum Gasteiger partial charge on any atom is -0.379 e. The summed E-state index contributed by atoms with van der Waals surface area (Å²) in [5, 5.41) is 8.20. The van der Waals surface area contributed by atoms with Crippen LogP contribution in [0.4, 0.5) is 18.9 Å². The molecule has 3 aromatic carbocycles. The van der Waals surface area contributed by atoms with E-state index in [1.54, 1.807) is 18.5 Å². The van der Waals surface area contributed by atoms with Crippen LogP contribution in [0.15, 0.2) is 67.0 Å². The summed E-state index contributed by atoms with van der Waals surface area (Å²) in [6.07, 6.45) is -1.48. The normalized spacial score (nSPS) is 18.1. The Kier molecular flexibility index (Phi) is 6.43. The lowest BCUT2D eigenvalue weighted by Crippen LogP contribution is -2.49. The van der Waals surface area contributed by atoms with Gasteiger partial charge in [-0.3, -0.25) is 9.69 Å². The predicted molar refractivity (Wildman–Crippen MR) is 150 cm³/mol. The van der Waals surface area contributed by atoms with Crippen molar-refractivity contribution in [3.63, 3.8) is 0 Å². The van der Waals surface area contributed by atoms with Crippen molar-refractivity contribution in [2.75, 3.05) is 24.7 Å². The summed E-state index contributed by atoms with van der Waals surface area (Å²) in [6, 6.07) is 18.6. The standard InChI is InChI=1S/C32H30F3N5O2/c1-38-20-36-37-29(38)14-31(18-42-19-31)24-7-4-8-25(13-24)40-17-27-26(30(40)41)11-21(12-28(27)32(33,34)35)15-39-10-9-22-5-2-3-6-23(22)16-39/h2-8,11-13,20H,9-10,14-19H2,1H3. The number of anilines is 1. The number of aryl methyl sites for hydroxylation is 1. The summed E-state index contributed by atoms with van der Waals surface area (Å²) in [6.45, 7) is 2.61. The fourth-order valence-electron chi connectivity index (χ4n) is 6.46. The lowest BCUT2D eigenvalue weighted by atomic mass is 9.75. The molecule has 1 aromatic heterocycles. The third-order valence-corrected chi connectivity index (χ3v) is 8.85. The van der Waals surface area contributed by atoms with Crippen LogP contribution in [0.3, 0.4) is 0 Å². The average Bonchev–Trinajstić information content (AvgIpc) is 3.51. The Morgan fingerprint density at radius 1 is 1.00 bits per heavy atom. The van der Waals surface area contributed by atoms with Crippen molar-refractivity contribution in [3.05, 3.63) is 112 Å². The number of aromatic nitrogens is 3. The first-order chi connectivity index (χ1) is 20.2. The maximum absolute atomic E-state index is 14.4. The zero-order chi connectivity index (χ0) is 29.1. The summed E-state index contributed by atoms with van der Waals surface area (Å²) < 4.78 is 50.6. The maximum atomic E-state index is 14.4. The van der Waals surface area contributed by atoms with Crippen molar-refractivity contribution >= 4 is 11.6 Å². The third-order valence-electron chi connectivity index (χ3n) is 8.85. The Bertz CT molecular complexity index is 1680. The second-order valence-electron chi connectivity index (χ2n) is 11.6. The summed E-state index contributed by atoms with van der Waals surface area (Å²) in [5.41, 5.74) is 3.58. The smallest absolute Gasteiger partial charge is 0.379 e. The Hall–Kier alpha value is -4.02. The Morgan fingerprint density at radius 2 is 1.81 bits per heavy atom. The molecule has 0 atom stereocenters. The Labute approximate surface area is 241 Å². The largest absolute Gasteiger partial charge is 0.416 e. The van der Waals surface area contributed by atoms with E-state index < -0.39 is 17.6 Å². The number of nitrogens with zero attached hydrogens (tertiary/aromatic N) is 5. The number of amides is 1. The van der Waals surface area contributed by atoms with Crippen LogP contribution in [-0.4, -0.2) is 45.3 Å². The zero-order valence-corrected chi connectivity index (χ0v) is 23.2. The highest BCUT2D eigenvalue weighted by Crippen LogP contribution is 2.42. The highest BCUT2D eigenvalue weighted by Gasteiger charge is 2.43. The number of ether oxygens (including phenoxy) is 1. The van der Waals surface area contributed by atoms with Crippen LogP contribution < -0.4 is 4.90 Å². The van der Waals surface area contributed by atoms with E-state index in [-0.39, 0.29) is 23.1 Å². The van der Waals surface area contributed by atoms with E-state index in [4.69, 9.17) is 4.74 Å². The van der Waals surface area contributed by atoms with E-state index >= 15 is 0 Å². The van der Waals surface area contributed by atoms with Crippen molar-refractivity contribution < 1.29 is 22.7 Å². The van der Waals surface area contributed by atoms with Gasteiger partial charge in [-0.25, -0.2) is 0 Å². The summed E-state index contributed by atoms with van der Waals surface area (Å²) in [5.74, 6) is 0.401. The molecule has 42 heavy (non-hydrogen) atoms. The van der Waals surface area contributed by atoms with Gasteiger partial charge in [0.15, 0.2) is 0 Å². The molecule has 0 radical (unpaired) electrons. The van der Waals surface area contributed by atoms with Crippen LogP contribution >= 0.6 is 0 Å². The molecule has 3 aliphatic rings. The Morgan fingerprint density at radius 3 is 2.52 bits per heavy atom. The van der Waals surface area contributed by atoms with Gasteiger partial charge in [-0.2, -0.15) is 13.2 Å². The molecule has 0 spiro atoms. The van der Waals surface area contributed by atoms with Crippen molar-refractivity contribution in [2.24, 2.45) is 7.05 Å². The quantitative estimate of drug-likeness (QED) is 0.323. The number of benzene rings is 3. The first-order valence-corrected chi connectivity index (χ1v) is 14.1. The number of rotatable bonds is 6. The first-order valence-electron chi connectivity index (χ1n) is 14.1. The van der Waals surface area contributed by atoms with Crippen molar-refractivity contribution in [2.45, 2.75) is 44.1 Å². The monoisotopic (exact) mass is 573 g/mol. The van der Waals surface area contributed by atoms with Crippen molar-refractivity contribution in [3.8, 4) is 0 Å². The summed E-state index contributed by atoms with van der Waals surface area (Å²) in [7, 11) is 1.88. The molecule has 0 aliphatic carbocycles. The minimum atomic E-state index is -4.57. The molecular formula is C32H30F3N5O2. The van der Waals surface area contributed by atoms with Crippen molar-refractivity contribution in [1.29, 1.82) is 0 Å². The number of carbonyl (C=O) groups is 1. The fourth-order valence-corrected chi connectivity index (χ4v) is 6.46. The number of halogens is 3. The molecule has 1 amide bonds. The van der Waals surface area contributed by atoms with Gasteiger partial charge in [0.05, 0.1) is 25.3 Å². The van der Waals surface area contributed by atoms with Gasteiger partial charge >= 0.3 is 6.18 Å². The van der Waals surface area contributed by atoms with E-state index in [0.29, 0.717) is 44.0 Å². The topological polar surface area (TPSA) is 63.5 Å². The van der Waals surface area contributed by atoms with Crippen LogP contribution in [0.5, 0.6) is 0 Å². The van der Waals surface area contributed by atoms with Crippen LogP contribution in [0.25, 0.3) is 0 Å². The summed E-state index contributed by atoms with van der Waals surface area (Å²) in [4.78, 5) is 17.3. The van der Waals surface area contributed by atoms with E-state index in [2.05, 4.69) is 27.2 Å². The first kappa shape index (κ1) is 26.9. The van der Waals surface area contributed by atoms with Gasteiger partial charge in [0, 0.05) is 49.8 Å². The van der Waals surface area contributed by atoms with E-state index in [1.807, 2.05) is 41.9 Å². The predicted octanol–water partition coefficient (Wildman–Crippen LogP) is 5.06. The lowest BCUT2D eigenvalue weighted by Gasteiger charge is -2.42. The second-order valence-corrected chi connectivity index (χ2v) is 11.6. The molecule has 4 heterocycles. The Balaban J connectivity index is 1.18. The molecular weight excluding hydrogens is 543 g/mol. The number of carbonyl (C=O) groups excluding carboxylic acids is 1. The van der Waals surface area contributed by atoms with Gasteiger partial charge < -0.3 is 14.2 Å². The number of fused-ring (bicyclic) bond motifs is 2. The second kappa shape index (κ2) is 10.1. The highest BCUT2D eigenvalue weighted by molar-refractivity contribution is 6.10. The van der Waals surface area contributed by atoms with Crippen LogP contribution in [0.2, 0.25) is 0 Å². The molecule has 216 valence electrons. The maximum Gasteiger partial charge on any atom is 0.416 e. The van der Waals surface area contributed by atoms with Crippen LogP contribution in [0, 0.1) is 0 Å². The molecule has 0 unspecified atom stereocenters. The van der Waals surface area contributed by atoms with Crippen molar-refractivity contribution in [1.82, 2.24) is 19.7 Å². The zero-order valence-electron chi connectivity index (χ0n) is 23.2. The van der Waals surface area contributed by atoms with Crippen LogP contribution in [-0.2, 0) is 55.9 Å². The van der Waals surface area contributed by atoms with Gasteiger partial charge in [-0.15, -0.1) is 10.2 Å². The summed E-state index contributed by atoms with van der Waals surface area (Å²) >= 11 is 0. The molecule has 0 saturated carbocycles. The molecule has 0 N–H and O–H groups in total. The van der Waals surface area contributed by atoms with Gasteiger partial charge in [-0.1, -0.05) is 36.4 Å². The molecule has 10 heteroatoms. The molecule has 7 nitrogen and oxygen atoms in total. The SMILES string of the molecule is Cn1cnnc1CC1(c2cccc(N3Cc4c(cc(CN5CCc6ccccc6C5)cc4C(F)(F)F)C3=O)c2)COC1. The lowest BCUT2D eigenvalue weighted by molar-refractivity contribution is -0.138. The third kappa shape index (κ3) is 4.68. The molecule has 3 aliphatic heterocycles. The van der Waals surface area contributed by atoms with E-state index in [0.717, 1.165) is 24.4 Å². The molecule has 1 saturated heterocycles. The van der Waals surface area contributed by atoms with E-state index in [9.17, 15) is 18.0 Å². The van der Waals surface area contributed by atoms with Gasteiger partial charge in [0.25, 0.3) is 5.91 Å².